The first-order valence-corrected chi connectivity index (χ1v) is 9.87. The summed E-state index contributed by atoms with van der Waals surface area (Å²) in [6.07, 6.45) is 1.97. The van der Waals surface area contributed by atoms with Crippen molar-refractivity contribution in [1.29, 1.82) is 0 Å². The molecule has 1 atom stereocenters. The van der Waals surface area contributed by atoms with Crippen molar-refractivity contribution in [3.63, 3.8) is 0 Å². The highest BCUT2D eigenvalue weighted by atomic mass is 127. The zero-order valence-corrected chi connectivity index (χ0v) is 20.1. The molecule has 1 fully saturated rings. The van der Waals surface area contributed by atoms with Gasteiger partial charge in [-0.25, -0.2) is 4.98 Å². The summed E-state index contributed by atoms with van der Waals surface area (Å²) in [5.41, 5.74) is 1.09. The Morgan fingerprint density at radius 3 is 2.46 bits per heavy atom. The largest absolute Gasteiger partial charge is 0.475 e. The lowest BCUT2D eigenvalue weighted by Crippen LogP contribution is -2.52. The minimum absolute atomic E-state index is 0. The number of rotatable bonds is 8. The van der Waals surface area contributed by atoms with Gasteiger partial charge in [0.2, 0.25) is 5.88 Å². The molecule has 8 heteroatoms. The Balaban J connectivity index is 0.00000392. The highest BCUT2D eigenvalue weighted by Crippen LogP contribution is 2.12. The van der Waals surface area contributed by atoms with Gasteiger partial charge in [0.25, 0.3) is 0 Å². The number of aromatic nitrogens is 1. The van der Waals surface area contributed by atoms with Gasteiger partial charge in [-0.1, -0.05) is 19.9 Å². The van der Waals surface area contributed by atoms with E-state index < -0.39 is 0 Å². The molecule has 2 rings (SSSR count). The molecule has 1 aromatic rings. The number of nitrogens with zero attached hydrogens (tertiary/aromatic N) is 3. The standard InChI is InChI=1S/C20H35N5O2.HI/c1-15(2)18(25-8-10-26-11-9-25)14-24-20(21-5)23-13-17-6-7-19(22-12-17)27-16(3)4;/h6-7,12,15-16,18H,8-11,13-14H2,1-5H3,(H2,21,23,24);1H. The van der Waals surface area contributed by atoms with Gasteiger partial charge in [0.15, 0.2) is 5.96 Å². The molecule has 0 saturated carbocycles. The summed E-state index contributed by atoms with van der Waals surface area (Å²) in [5.74, 6) is 2.02. The summed E-state index contributed by atoms with van der Waals surface area (Å²) >= 11 is 0. The molecule has 1 aliphatic rings. The van der Waals surface area contributed by atoms with E-state index in [0.717, 1.165) is 44.4 Å². The van der Waals surface area contributed by atoms with E-state index in [1.54, 1.807) is 7.05 Å². The lowest BCUT2D eigenvalue weighted by Gasteiger charge is -2.37. The van der Waals surface area contributed by atoms with Crippen LogP contribution in [0.4, 0.5) is 0 Å². The fourth-order valence-corrected chi connectivity index (χ4v) is 3.13. The Morgan fingerprint density at radius 1 is 1.21 bits per heavy atom. The van der Waals surface area contributed by atoms with E-state index in [2.05, 4.69) is 39.4 Å². The van der Waals surface area contributed by atoms with Crippen molar-refractivity contribution < 1.29 is 9.47 Å². The average Bonchev–Trinajstić information content (AvgIpc) is 2.65. The molecular formula is C20H36IN5O2. The Kier molecular flexibility index (Phi) is 11.7. The minimum Gasteiger partial charge on any atom is -0.475 e. The fraction of sp³-hybridized carbons (Fsp3) is 0.700. The van der Waals surface area contributed by atoms with Gasteiger partial charge in [-0.3, -0.25) is 9.89 Å². The lowest BCUT2D eigenvalue weighted by molar-refractivity contribution is 0.00752. The van der Waals surface area contributed by atoms with Crippen molar-refractivity contribution in [3.05, 3.63) is 23.9 Å². The number of guanidine groups is 1. The van der Waals surface area contributed by atoms with Crippen LogP contribution in [-0.2, 0) is 11.3 Å². The number of hydrogen-bond acceptors (Lipinski definition) is 5. The monoisotopic (exact) mass is 505 g/mol. The van der Waals surface area contributed by atoms with Crippen LogP contribution in [0, 0.1) is 5.92 Å². The number of morpholine rings is 1. The molecule has 0 aromatic carbocycles. The predicted octanol–water partition coefficient (Wildman–Crippen LogP) is 2.51. The van der Waals surface area contributed by atoms with E-state index in [0.29, 0.717) is 24.4 Å². The molecule has 7 nitrogen and oxygen atoms in total. The smallest absolute Gasteiger partial charge is 0.213 e. The summed E-state index contributed by atoms with van der Waals surface area (Å²) in [6, 6.07) is 4.39. The summed E-state index contributed by atoms with van der Waals surface area (Å²) in [6.45, 7) is 13.7. The van der Waals surface area contributed by atoms with Crippen molar-refractivity contribution in [2.24, 2.45) is 10.9 Å². The minimum atomic E-state index is 0. The van der Waals surface area contributed by atoms with Gasteiger partial charge < -0.3 is 20.1 Å². The average molecular weight is 505 g/mol. The van der Waals surface area contributed by atoms with Crippen LogP contribution in [0.3, 0.4) is 0 Å². The van der Waals surface area contributed by atoms with Crippen molar-refractivity contribution in [2.45, 2.75) is 46.4 Å². The third-order valence-electron chi connectivity index (χ3n) is 4.60. The van der Waals surface area contributed by atoms with E-state index in [9.17, 15) is 0 Å². The SMILES string of the molecule is CN=C(NCc1ccc(OC(C)C)nc1)NCC(C(C)C)N1CCOCC1.I. The van der Waals surface area contributed by atoms with Gasteiger partial charge in [-0.2, -0.15) is 0 Å². The van der Waals surface area contributed by atoms with Crippen LogP contribution >= 0.6 is 24.0 Å². The van der Waals surface area contributed by atoms with Crippen molar-refractivity contribution in [3.8, 4) is 5.88 Å². The molecule has 0 bridgehead atoms. The number of pyridine rings is 1. The summed E-state index contributed by atoms with van der Waals surface area (Å²) in [5, 5.41) is 6.83. The molecule has 1 aromatic heterocycles. The third kappa shape index (κ3) is 8.48. The van der Waals surface area contributed by atoms with E-state index in [-0.39, 0.29) is 30.1 Å². The van der Waals surface area contributed by atoms with E-state index in [1.807, 2.05) is 32.2 Å². The Hall–Kier alpha value is -1.13. The van der Waals surface area contributed by atoms with Crippen LogP contribution in [-0.4, -0.2) is 67.9 Å². The molecule has 0 radical (unpaired) electrons. The van der Waals surface area contributed by atoms with Gasteiger partial charge in [-0.05, 0) is 25.3 Å². The molecule has 2 N–H and O–H groups in total. The van der Waals surface area contributed by atoms with Gasteiger partial charge in [0.05, 0.1) is 19.3 Å². The maximum absolute atomic E-state index is 5.58. The van der Waals surface area contributed by atoms with Crippen molar-refractivity contribution >= 4 is 29.9 Å². The second kappa shape index (κ2) is 13.2. The van der Waals surface area contributed by atoms with Crippen molar-refractivity contribution in [1.82, 2.24) is 20.5 Å². The predicted molar refractivity (Wildman–Crippen MR) is 125 cm³/mol. The van der Waals surface area contributed by atoms with Crippen molar-refractivity contribution in [2.75, 3.05) is 39.9 Å². The second-order valence-electron chi connectivity index (χ2n) is 7.44. The highest BCUT2D eigenvalue weighted by molar-refractivity contribution is 14.0. The first-order chi connectivity index (χ1) is 13.0. The second-order valence-corrected chi connectivity index (χ2v) is 7.44. The normalized spacial score (nSPS) is 16.6. The molecule has 1 unspecified atom stereocenters. The third-order valence-corrected chi connectivity index (χ3v) is 4.60. The topological polar surface area (TPSA) is 71.0 Å². The lowest BCUT2D eigenvalue weighted by atomic mass is 10.0. The van der Waals surface area contributed by atoms with Crippen LogP contribution in [0.2, 0.25) is 0 Å². The number of aliphatic imine (C=N–C) groups is 1. The van der Waals surface area contributed by atoms with Crippen LogP contribution in [0.1, 0.15) is 33.3 Å². The van der Waals surface area contributed by atoms with E-state index in [1.165, 1.54) is 0 Å². The molecule has 0 amide bonds. The van der Waals surface area contributed by atoms with Crippen LogP contribution in [0.5, 0.6) is 5.88 Å². The van der Waals surface area contributed by atoms with Gasteiger partial charge in [0, 0.05) is 51.5 Å². The quantitative estimate of drug-likeness (QED) is 0.322. The number of halogens is 1. The van der Waals surface area contributed by atoms with Gasteiger partial charge in [-0.15, -0.1) is 24.0 Å². The molecule has 160 valence electrons. The maximum atomic E-state index is 5.58. The molecule has 1 aliphatic heterocycles. The molecular weight excluding hydrogens is 469 g/mol. The number of hydrogen-bond donors (Lipinski definition) is 2. The summed E-state index contributed by atoms with van der Waals surface area (Å²) < 4.78 is 11.1. The zero-order valence-electron chi connectivity index (χ0n) is 17.8. The first kappa shape index (κ1) is 24.9. The molecule has 0 spiro atoms. The molecule has 2 heterocycles. The van der Waals surface area contributed by atoms with Gasteiger partial charge >= 0.3 is 0 Å². The van der Waals surface area contributed by atoms with E-state index in [4.69, 9.17) is 9.47 Å². The summed E-state index contributed by atoms with van der Waals surface area (Å²) in [4.78, 5) is 11.2. The van der Waals surface area contributed by atoms with E-state index >= 15 is 0 Å². The number of ether oxygens (including phenoxy) is 2. The summed E-state index contributed by atoms with van der Waals surface area (Å²) in [7, 11) is 1.80. The van der Waals surface area contributed by atoms with Crippen LogP contribution in [0.25, 0.3) is 0 Å². The Labute approximate surface area is 186 Å². The fourth-order valence-electron chi connectivity index (χ4n) is 3.13. The Morgan fingerprint density at radius 2 is 1.93 bits per heavy atom. The highest BCUT2D eigenvalue weighted by Gasteiger charge is 2.23. The van der Waals surface area contributed by atoms with Crippen LogP contribution in [0.15, 0.2) is 23.3 Å². The molecule has 0 aliphatic carbocycles. The molecule has 28 heavy (non-hydrogen) atoms. The van der Waals surface area contributed by atoms with Gasteiger partial charge in [0.1, 0.15) is 0 Å². The zero-order chi connectivity index (χ0) is 19.6. The Bertz CT molecular complexity index is 574. The molecule has 1 saturated heterocycles. The van der Waals surface area contributed by atoms with Crippen LogP contribution < -0.4 is 15.4 Å². The number of nitrogens with one attached hydrogen (secondary N) is 2. The maximum Gasteiger partial charge on any atom is 0.213 e. The first-order valence-electron chi connectivity index (χ1n) is 9.87.